The Morgan fingerprint density at radius 2 is 2.44 bits per heavy atom. The summed E-state index contributed by atoms with van der Waals surface area (Å²) in [5.41, 5.74) is 0.955. The summed E-state index contributed by atoms with van der Waals surface area (Å²) in [6.45, 7) is 2.25. The van der Waals surface area contributed by atoms with Gasteiger partial charge in [-0.15, -0.1) is 11.3 Å². The quantitative estimate of drug-likeness (QED) is 0.824. The molecule has 0 fully saturated rings. The fraction of sp³-hybridized carbons (Fsp3) is 0.400. The lowest BCUT2D eigenvalue weighted by Gasteiger charge is -2.01. The smallest absolute Gasteiger partial charge is 0.225 e. The van der Waals surface area contributed by atoms with Gasteiger partial charge in [0, 0.05) is 17.6 Å². The SMILES string of the molecule is Cc1[nH]c(=S)sc1CC(=O)NCc1ncn(C)n1. The van der Waals surface area contributed by atoms with Crippen LogP contribution in [0.3, 0.4) is 0 Å². The molecule has 0 aliphatic heterocycles. The van der Waals surface area contributed by atoms with Crippen molar-refractivity contribution in [2.24, 2.45) is 7.05 Å². The fourth-order valence-corrected chi connectivity index (χ4v) is 2.75. The lowest BCUT2D eigenvalue weighted by Crippen LogP contribution is -2.25. The van der Waals surface area contributed by atoms with Crippen LogP contribution in [0, 0.1) is 10.9 Å². The molecule has 8 heteroatoms. The number of nitrogens with one attached hydrogen (secondary N) is 2. The normalized spacial score (nSPS) is 10.6. The molecule has 2 rings (SSSR count). The van der Waals surface area contributed by atoms with Crippen LogP contribution in [-0.2, 0) is 24.8 Å². The number of carbonyl (C=O) groups excluding carboxylic acids is 1. The van der Waals surface area contributed by atoms with E-state index in [1.165, 1.54) is 11.3 Å². The van der Waals surface area contributed by atoms with Gasteiger partial charge in [0.05, 0.1) is 13.0 Å². The van der Waals surface area contributed by atoms with Crippen molar-refractivity contribution in [3.63, 3.8) is 0 Å². The molecule has 0 aromatic carbocycles. The van der Waals surface area contributed by atoms with Crippen molar-refractivity contribution in [3.05, 3.63) is 26.7 Å². The van der Waals surface area contributed by atoms with Gasteiger partial charge in [-0.2, -0.15) is 5.10 Å². The Kier molecular flexibility index (Phi) is 3.87. The van der Waals surface area contributed by atoms with Gasteiger partial charge >= 0.3 is 0 Å². The molecule has 0 aliphatic rings. The van der Waals surface area contributed by atoms with Gasteiger partial charge in [0.1, 0.15) is 6.33 Å². The van der Waals surface area contributed by atoms with Crippen molar-refractivity contribution in [1.82, 2.24) is 25.1 Å². The first kappa shape index (κ1) is 12.9. The summed E-state index contributed by atoms with van der Waals surface area (Å²) in [7, 11) is 1.79. The standard InChI is InChI=1S/C10H13N5OS2/c1-6-7(18-10(17)13-6)3-9(16)11-4-8-12-5-15(2)14-8/h5H,3-4H2,1-2H3,(H,11,16)(H,13,17). The second-order valence-electron chi connectivity index (χ2n) is 3.85. The molecule has 18 heavy (non-hydrogen) atoms. The number of nitrogens with zero attached hydrogens (tertiary/aromatic N) is 3. The summed E-state index contributed by atoms with van der Waals surface area (Å²) in [6, 6.07) is 0. The summed E-state index contributed by atoms with van der Waals surface area (Å²) < 4.78 is 2.30. The van der Waals surface area contributed by atoms with Crippen LogP contribution >= 0.6 is 23.6 Å². The molecule has 2 N–H and O–H groups in total. The van der Waals surface area contributed by atoms with E-state index >= 15 is 0 Å². The van der Waals surface area contributed by atoms with Gasteiger partial charge < -0.3 is 10.3 Å². The van der Waals surface area contributed by atoms with E-state index in [1.807, 2.05) is 6.92 Å². The van der Waals surface area contributed by atoms with Crippen LogP contribution in [0.2, 0.25) is 0 Å². The minimum atomic E-state index is -0.0594. The largest absolute Gasteiger partial charge is 0.348 e. The van der Waals surface area contributed by atoms with Crippen LogP contribution in [-0.4, -0.2) is 25.7 Å². The van der Waals surface area contributed by atoms with Crippen LogP contribution in [0.5, 0.6) is 0 Å². The Hall–Kier alpha value is -1.54. The second kappa shape index (κ2) is 5.40. The molecular weight excluding hydrogens is 270 g/mol. The number of rotatable bonds is 4. The average Bonchev–Trinajstić information content (AvgIpc) is 2.83. The zero-order chi connectivity index (χ0) is 13.1. The monoisotopic (exact) mass is 283 g/mol. The van der Waals surface area contributed by atoms with E-state index in [1.54, 1.807) is 18.1 Å². The highest BCUT2D eigenvalue weighted by molar-refractivity contribution is 7.73. The number of aromatic nitrogens is 4. The van der Waals surface area contributed by atoms with Crippen molar-refractivity contribution in [1.29, 1.82) is 0 Å². The third-order valence-electron chi connectivity index (χ3n) is 2.34. The number of hydrogen-bond acceptors (Lipinski definition) is 5. The topological polar surface area (TPSA) is 75.6 Å². The molecule has 0 radical (unpaired) electrons. The molecule has 0 saturated carbocycles. The van der Waals surface area contributed by atoms with Crippen LogP contribution in [0.15, 0.2) is 6.33 Å². The molecule has 2 heterocycles. The molecule has 1 amide bonds. The van der Waals surface area contributed by atoms with E-state index in [9.17, 15) is 4.79 Å². The third kappa shape index (κ3) is 3.23. The molecular formula is C10H13N5OS2. The predicted molar refractivity (Wildman–Crippen MR) is 70.8 cm³/mol. The fourth-order valence-electron chi connectivity index (χ4n) is 1.46. The van der Waals surface area contributed by atoms with Gasteiger partial charge in [0.25, 0.3) is 0 Å². The van der Waals surface area contributed by atoms with Gasteiger partial charge in [-0.05, 0) is 19.1 Å². The summed E-state index contributed by atoms with van der Waals surface area (Å²) in [5.74, 6) is 0.542. The first-order chi connectivity index (χ1) is 8.54. The first-order valence-corrected chi connectivity index (χ1v) is 6.57. The van der Waals surface area contributed by atoms with E-state index < -0.39 is 0 Å². The maximum atomic E-state index is 11.7. The maximum Gasteiger partial charge on any atom is 0.225 e. The van der Waals surface area contributed by atoms with Gasteiger partial charge in [-0.3, -0.25) is 9.48 Å². The molecule has 0 atom stereocenters. The molecule has 0 aliphatic carbocycles. The summed E-state index contributed by atoms with van der Waals surface area (Å²) in [6.07, 6.45) is 1.93. The van der Waals surface area contributed by atoms with Crippen molar-refractivity contribution in [2.45, 2.75) is 19.9 Å². The van der Waals surface area contributed by atoms with Gasteiger partial charge in [-0.25, -0.2) is 4.98 Å². The lowest BCUT2D eigenvalue weighted by atomic mass is 10.3. The zero-order valence-corrected chi connectivity index (χ0v) is 11.7. The number of carbonyl (C=O) groups is 1. The molecule has 0 bridgehead atoms. The average molecular weight is 283 g/mol. The van der Waals surface area contributed by atoms with E-state index in [-0.39, 0.29) is 5.91 Å². The molecule has 0 spiro atoms. The Bertz CT molecular complexity index is 612. The predicted octanol–water partition coefficient (Wildman–Crippen LogP) is 1.10. The highest BCUT2D eigenvalue weighted by Gasteiger charge is 2.09. The Morgan fingerprint density at radius 3 is 3.00 bits per heavy atom. The molecule has 0 saturated heterocycles. The molecule has 2 aromatic heterocycles. The van der Waals surface area contributed by atoms with Gasteiger partial charge in [0.2, 0.25) is 5.91 Å². The minimum Gasteiger partial charge on any atom is -0.348 e. The highest BCUT2D eigenvalue weighted by atomic mass is 32.1. The van der Waals surface area contributed by atoms with Crippen LogP contribution in [0.25, 0.3) is 0 Å². The van der Waals surface area contributed by atoms with Crippen LogP contribution in [0.4, 0.5) is 0 Å². The minimum absolute atomic E-state index is 0.0594. The Morgan fingerprint density at radius 1 is 1.67 bits per heavy atom. The van der Waals surface area contributed by atoms with E-state index in [0.717, 1.165) is 10.6 Å². The highest BCUT2D eigenvalue weighted by Crippen LogP contribution is 2.14. The van der Waals surface area contributed by atoms with E-state index in [0.29, 0.717) is 22.7 Å². The first-order valence-electron chi connectivity index (χ1n) is 5.34. The molecule has 96 valence electrons. The summed E-state index contributed by atoms with van der Waals surface area (Å²) >= 11 is 6.46. The van der Waals surface area contributed by atoms with E-state index in [2.05, 4.69) is 20.4 Å². The Labute approximate surface area is 113 Å². The third-order valence-corrected chi connectivity index (χ3v) is 3.67. The van der Waals surface area contributed by atoms with Crippen molar-refractivity contribution in [2.75, 3.05) is 0 Å². The van der Waals surface area contributed by atoms with Gasteiger partial charge in [-0.1, -0.05) is 0 Å². The van der Waals surface area contributed by atoms with Gasteiger partial charge in [0.15, 0.2) is 9.78 Å². The summed E-state index contributed by atoms with van der Waals surface area (Å²) in [4.78, 5) is 19.8. The number of thiazole rings is 1. The molecule has 6 nitrogen and oxygen atoms in total. The number of aromatic amines is 1. The number of aryl methyl sites for hydroxylation is 2. The number of hydrogen-bond donors (Lipinski definition) is 2. The molecule has 2 aromatic rings. The number of H-pyrrole nitrogens is 1. The van der Waals surface area contributed by atoms with Crippen molar-refractivity contribution >= 4 is 29.5 Å². The number of amides is 1. The summed E-state index contributed by atoms with van der Waals surface area (Å²) in [5, 5.41) is 6.86. The van der Waals surface area contributed by atoms with Crippen LogP contribution < -0.4 is 5.32 Å². The zero-order valence-electron chi connectivity index (χ0n) is 10.1. The van der Waals surface area contributed by atoms with Crippen LogP contribution in [0.1, 0.15) is 16.4 Å². The second-order valence-corrected chi connectivity index (χ2v) is 5.62. The Balaban J connectivity index is 1.89. The molecule has 0 unspecified atom stereocenters. The lowest BCUT2D eigenvalue weighted by molar-refractivity contribution is -0.120. The van der Waals surface area contributed by atoms with Crippen molar-refractivity contribution in [3.8, 4) is 0 Å². The van der Waals surface area contributed by atoms with E-state index in [4.69, 9.17) is 12.2 Å². The maximum absolute atomic E-state index is 11.7. The van der Waals surface area contributed by atoms with Crippen molar-refractivity contribution < 1.29 is 4.79 Å².